The Morgan fingerprint density at radius 3 is 2.52 bits per heavy atom. The summed E-state index contributed by atoms with van der Waals surface area (Å²) in [5.41, 5.74) is 0.722. The van der Waals surface area contributed by atoms with E-state index in [1.165, 1.54) is 39.0 Å². The zero-order valence-electron chi connectivity index (χ0n) is 16.9. The molecule has 31 heavy (non-hydrogen) atoms. The van der Waals surface area contributed by atoms with Crippen LogP contribution in [0.1, 0.15) is 34.2 Å². The summed E-state index contributed by atoms with van der Waals surface area (Å²) in [6.07, 6.45) is -4.43. The van der Waals surface area contributed by atoms with Gasteiger partial charge in [-0.2, -0.15) is 13.2 Å². The van der Waals surface area contributed by atoms with Crippen LogP contribution >= 0.6 is 0 Å². The molecule has 0 radical (unpaired) electrons. The van der Waals surface area contributed by atoms with E-state index in [2.05, 4.69) is 5.32 Å². The maximum atomic E-state index is 12.8. The zero-order chi connectivity index (χ0) is 22.9. The second kappa shape index (κ2) is 8.29. The van der Waals surface area contributed by atoms with Gasteiger partial charge in [0.1, 0.15) is 18.7 Å². The molecule has 2 heterocycles. The minimum atomic E-state index is -4.43. The predicted octanol–water partition coefficient (Wildman–Crippen LogP) is 4.09. The molecule has 0 aliphatic carbocycles. The van der Waals surface area contributed by atoms with Gasteiger partial charge >= 0.3 is 17.8 Å². The Bertz CT molecular complexity index is 1220. The third kappa shape index (κ3) is 5.14. The second-order valence-corrected chi connectivity index (χ2v) is 7.05. The number of carbonyl (C=O) groups is 2. The molecule has 0 fully saturated rings. The van der Waals surface area contributed by atoms with Crippen LogP contribution in [0.4, 0.5) is 18.9 Å². The minimum Gasteiger partial charge on any atom is -0.457 e. The van der Waals surface area contributed by atoms with E-state index in [0.29, 0.717) is 16.6 Å². The van der Waals surface area contributed by atoms with E-state index in [1.807, 2.05) is 0 Å². The average Bonchev–Trinajstić information content (AvgIpc) is 2.92. The first kappa shape index (κ1) is 22.1. The molecule has 0 saturated heterocycles. The van der Waals surface area contributed by atoms with Gasteiger partial charge < -0.3 is 19.0 Å². The summed E-state index contributed by atoms with van der Waals surface area (Å²) in [6, 6.07) is 7.16. The molecule has 0 aliphatic heterocycles. The third-order valence-electron chi connectivity index (χ3n) is 4.64. The maximum Gasteiger partial charge on any atom is 0.406 e. The van der Waals surface area contributed by atoms with Gasteiger partial charge in [-0.25, -0.2) is 9.59 Å². The van der Waals surface area contributed by atoms with Crippen LogP contribution < -0.4 is 10.9 Å². The third-order valence-corrected chi connectivity index (χ3v) is 4.64. The Hall–Kier alpha value is -3.56. The first-order valence-electron chi connectivity index (χ1n) is 9.19. The van der Waals surface area contributed by atoms with Crippen molar-refractivity contribution in [2.75, 3.05) is 5.32 Å². The number of benzene rings is 1. The van der Waals surface area contributed by atoms with Crippen LogP contribution in [0, 0.1) is 13.8 Å². The second-order valence-electron chi connectivity index (χ2n) is 7.05. The standard InChI is InChI=1S/C21H19F3N2O5/c1-11-6-17(12(2)26(11)10-21(22,23)24)20(29)30-9-14-7-19(28)31-18-8-15(25-13(3)27)4-5-16(14)18/h4-8H,9-10H2,1-3H3,(H,25,27). The van der Waals surface area contributed by atoms with Gasteiger partial charge in [0.25, 0.3) is 0 Å². The number of fused-ring (bicyclic) bond motifs is 1. The number of aryl methyl sites for hydroxylation is 1. The minimum absolute atomic E-state index is 0.0157. The molecule has 1 amide bonds. The molecular weight excluding hydrogens is 417 g/mol. The molecule has 2 aromatic heterocycles. The largest absolute Gasteiger partial charge is 0.457 e. The van der Waals surface area contributed by atoms with Crippen molar-refractivity contribution >= 4 is 28.5 Å². The number of hydrogen-bond acceptors (Lipinski definition) is 5. The van der Waals surface area contributed by atoms with Crippen molar-refractivity contribution < 1.29 is 31.9 Å². The SMILES string of the molecule is CC(=O)Nc1ccc2c(COC(=O)c3cc(C)n(CC(F)(F)F)c3C)cc(=O)oc2c1. The normalized spacial score (nSPS) is 11.5. The topological polar surface area (TPSA) is 90.5 Å². The van der Waals surface area contributed by atoms with Gasteiger partial charge in [0.05, 0.1) is 5.56 Å². The first-order valence-corrected chi connectivity index (χ1v) is 9.19. The highest BCUT2D eigenvalue weighted by Crippen LogP contribution is 2.25. The van der Waals surface area contributed by atoms with Gasteiger partial charge in [-0.1, -0.05) is 0 Å². The number of nitrogens with one attached hydrogen (secondary N) is 1. The molecule has 0 aliphatic rings. The number of halogens is 3. The molecule has 3 aromatic rings. The number of hydrogen-bond donors (Lipinski definition) is 1. The molecule has 0 bridgehead atoms. The number of nitrogens with zero attached hydrogens (tertiary/aromatic N) is 1. The lowest BCUT2D eigenvalue weighted by atomic mass is 10.1. The number of alkyl halides is 3. The summed E-state index contributed by atoms with van der Waals surface area (Å²) in [6.45, 7) is 2.72. The van der Waals surface area contributed by atoms with E-state index in [0.717, 1.165) is 4.57 Å². The van der Waals surface area contributed by atoms with E-state index in [-0.39, 0.29) is 35.0 Å². The summed E-state index contributed by atoms with van der Waals surface area (Å²) in [5, 5.41) is 3.06. The van der Waals surface area contributed by atoms with Gasteiger partial charge in [0, 0.05) is 47.1 Å². The van der Waals surface area contributed by atoms with E-state index in [4.69, 9.17) is 9.15 Å². The van der Waals surface area contributed by atoms with Crippen LogP contribution in [-0.4, -0.2) is 22.6 Å². The quantitative estimate of drug-likeness (QED) is 0.481. The first-order chi connectivity index (χ1) is 14.4. The summed E-state index contributed by atoms with van der Waals surface area (Å²) in [4.78, 5) is 35.6. The molecule has 10 heteroatoms. The Labute approximate surface area is 174 Å². The summed E-state index contributed by atoms with van der Waals surface area (Å²) in [7, 11) is 0. The molecule has 0 saturated carbocycles. The van der Waals surface area contributed by atoms with E-state index in [9.17, 15) is 27.6 Å². The fourth-order valence-corrected chi connectivity index (χ4v) is 3.28. The molecule has 0 atom stereocenters. The molecule has 7 nitrogen and oxygen atoms in total. The Kier molecular flexibility index (Phi) is 5.92. The lowest BCUT2D eigenvalue weighted by Gasteiger charge is -2.12. The molecule has 164 valence electrons. The van der Waals surface area contributed by atoms with Gasteiger partial charge in [-0.15, -0.1) is 0 Å². The fraction of sp³-hybridized carbons (Fsp3) is 0.286. The summed E-state index contributed by atoms with van der Waals surface area (Å²) in [5.74, 6) is -1.10. The zero-order valence-corrected chi connectivity index (χ0v) is 16.9. The van der Waals surface area contributed by atoms with Gasteiger partial charge in [-0.05, 0) is 32.0 Å². The smallest absolute Gasteiger partial charge is 0.406 e. The van der Waals surface area contributed by atoms with Crippen LogP contribution in [0.25, 0.3) is 11.0 Å². The highest BCUT2D eigenvalue weighted by atomic mass is 19.4. The van der Waals surface area contributed by atoms with Gasteiger partial charge in [-0.3, -0.25) is 4.79 Å². The van der Waals surface area contributed by atoms with Crippen LogP contribution in [-0.2, 0) is 22.7 Å². The van der Waals surface area contributed by atoms with Crippen molar-refractivity contribution in [1.82, 2.24) is 4.57 Å². The van der Waals surface area contributed by atoms with Crippen molar-refractivity contribution in [3.8, 4) is 0 Å². The van der Waals surface area contributed by atoms with Crippen molar-refractivity contribution in [2.24, 2.45) is 0 Å². The lowest BCUT2D eigenvalue weighted by Crippen LogP contribution is -2.20. The highest BCUT2D eigenvalue weighted by molar-refractivity contribution is 5.93. The van der Waals surface area contributed by atoms with Crippen LogP contribution in [0.2, 0.25) is 0 Å². The molecule has 0 unspecified atom stereocenters. The molecule has 3 rings (SSSR count). The number of ether oxygens (including phenoxy) is 1. The number of amides is 1. The van der Waals surface area contributed by atoms with Crippen molar-refractivity contribution in [3.05, 3.63) is 63.3 Å². The molecule has 1 aromatic carbocycles. The molecule has 0 spiro atoms. The highest BCUT2D eigenvalue weighted by Gasteiger charge is 2.30. The number of anilines is 1. The van der Waals surface area contributed by atoms with Crippen molar-refractivity contribution in [2.45, 2.75) is 40.1 Å². The monoisotopic (exact) mass is 436 g/mol. The molecule has 1 N–H and O–H groups in total. The number of esters is 1. The van der Waals surface area contributed by atoms with E-state index >= 15 is 0 Å². The van der Waals surface area contributed by atoms with E-state index in [1.54, 1.807) is 12.1 Å². The number of aromatic nitrogens is 1. The fourth-order valence-electron chi connectivity index (χ4n) is 3.28. The summed E-state index contributed by atoms with van der Waals surface area (Å²) >= 11 is 0. The number of rotatable bonds is 5. The maximum absolute atomic E-state index is 12.8. The van der Waals surface area contributed by atoms with E-state index < -0.39 is 24.3 Å². The van der Waals surface area contributed by atoms with Crippen LogP contribution in [0.15, 0.2) is 39.5 Å². The van der Waals surface area contributed by atoms with Gasteiger partial charge in [0.2, 0.25) is 5.91 Å². The van der Waals surface area contributed by atoms with Gasteiger partial charge in [0.15, 0.2) is 0 Å². The van der Waals surface area contributed by atoms with Crippen molar-refractivity contribution in [1.29, 1.82) is 0 Å². The summed E-state index contributed by atoms with van der Waals surface area (Å²) < 4.78 is 49.7. The van der Waals surface area contributed by atoms with Crippen LogP contribution in [0.3, 0.4) is 0 Å². The van der Waals surface area contributed by atoms with Crippen molar-refractivity contribution in [3.63, 3.8) is 0 Å². The Morgan fingerprint density at radius 1 is 1.16 bits per heavy atom. The average molecular weight is 436 g/mol. The Morgan fingerprint density at radius 2 is 1.87 bits per heavy atom. The molecular formula is C21H19F3N2O5. The lowest BCUT2D eigenvalue weighted by molar-refractivity contribution is -0.141. The number of carbonyl (C=O) groups excluding carboxylic acids is 2. The predicted molar refractivity (Wildman–Crippen MR) is 106 cm³/mol. The Balaban J connectivity index is 1.84. The van der Waals surface area contributed by atoms with Crippen LogP contribution in [0.5, 0.6) is 0 Å².